The highest BCUT2D eigenvalue weighted by Gasteiger charge is 2.16. The summed E-state index contributed by atoms with van der Waals surface area (Å²) >= 11 is 0. The molecule has 0 saturated heterocycles. The third kappa shape index (κ3) is 5.56. The molecule has 0 heterocycles. The van der Waals surface area contributed by atoms with Crippen molar-refractivity contribution in [1.82, 2.24) is 0 Å². The van der Waals surface area contributed by atoms with E-state index in [4.69, 9.17) is 0 Å². The van der Waals surface area contributed by atoms with Gasteiger partial charge in [-0.05, 0) is 89.9 Å². The fourth-order valence-electron chi connectivity index (χ4n) is 4.30. The van der Waals surface area contributed by atoms with E-state index in [1.54, 1.807) is 12.1 Å². The molecular formula is C29H28F2O. The van der Waals surface area contributed by atoms with Gasteiger partial charge >= 0.3 is 6.61 Å². The fraction of sp³-hybridized carbons (Fsp3) is 0.310. The van der Waals surface area contributed by atoms with Crippen molar-refractivity contribution in [2.75, 3.05) is 0 Å². The Morgan fingerprint density at radius 1 is 0.781 bits per heavy atom. The van der Waals surface area contributed by atoms with Crippen LogP contribution >= 0.6 is 0 Å². The first-order valence-corrected chi connectivity index (χ1v) is 11.4. The largest absolute Gasteiger partial charge is 0.435 e. The molecule has 3 heteroatoms. The van der Waals surface area contributed by atoms with Crippen LogP contribution in [-0.4, -0.2) is 6.61 Å². The van der Waals surface area contributed by atoms with E-state index in [-0.39, 0.29) is 5.75 Å². The molecule has 4 rings (SSSR count). The van der Waals surface area contributed by atoms with Crippen LogP contribution in [0, 0.1) is 11.8 Å². The molecule has 0 atom stereocenters. The topological polar surface area (TPSA) is 9.23 Å². The Morgan fingerprint density at radius 3 is 2.16 bits per heavy atom. The molecule has 0 spiro atoms. The smallest absolute Gasteiger partial charge is 0.387 e. The Kier molecular flexibility index (Phi) is 7.22. The molecule has 1 aliphatic carbocycles. The number of fused-ring (bicyclic) bond motifs is 3. The van der Waals surface area contributed by atoms with E-state index >= 15 is 0 Å². The zero-order valence-corrected chi connectivity index (χ0v) is 18.5. The van der Waals surface area contributed by atoms with Crippen molar-refractivity contribution in [1.29, 1.82) is 0 Å². The molecule has 1 aliphatic rings. The zero-order chi connectivity index (χ0) is 22.3. The standard InChI is InChI=1S/C29H28F2O/c1-2-3-4-5-6-22-11-17-27-24(19-22)13-14-25-20-23(12-18-28(25)27)8-7-21-9-15-26(16-10-21)32-29(30)31/h9-12,15-20,29H,2-6,13-14H2,1H3. The van der Waals surface area contributed by atoms with Crippen LogP contribution in [0.2, 0.25) is 0 Å². The third-order valence-corrected chi connectivity index (χ3v) is 5.98. The van der Waals surface area contributed by atoms with E-state index in [1.165, 1.54) is 72.1 Å². The summed E-state index contributed by atoms with van der Waals surface area (Å²) in [5, 5.41) is 0. The summed E-state index contributed by atoms with van der Waals surface area (Å²) in [6, 6.07) is 19.8. The molecule has 0 aromatic heterocycles. The van der Waals surface area contributed by atoms with Gasteiger partial charge in [0.2, 0.25) is 0 Å². The third-order valence-electron chi connectivity index (χ3n) is 5.98. The summed E-state index contributed by atoms with van der Waals surface area (Å²) in [6.07, 6.45) is 8.44. The first-order valence-electron chi connectivity index (χ1n) is 11.4. The van der Waals surface area contributed by atoms with Crippen LogP contribution in [0.4, 0.5) is 8.78 Å². The van der Waals surface area contributed by atoms with Crippen molar-refractivity contribution >= 4 is 0 Å². The molecular weight excluding hydrogens is 402 g/mol. The van der Waals surface area contributed by atoms with Crippen LogP contribution in [0.5, 0.6) is 5.75 Å². The van der Waals surface area contributed by atoms with Gasteiger partial charge in [0.05, 0.1) is 0 Å². The van der Waals surface area contributed by atoms with E-state index in [2.05, 4.69) is 59.9 Å². The van der Waals surface area contributed by atoms with Gasteiger partial charge in [-0.25, -0.2) is 0 Å². The van der Waals surface area contributed by atoms with Crippen molar-refractivity contribution in [3.8, 4) is 28.7 Å². The lowest BCUT2D eigenvalue weighted by atomic mass is 9.83. The molecule has 0 fully saturated rings. The molecule has 1 nitrogen and oxygen atoms in total. The molecule has 3 aromatic carbocycles. The van der Waals surface area contributed by atoms with Crippen molar-refractivity contribution < 1.29 is 13.5 Å². The van der Waals surface area contributed by atoms with Crippen molar-refractivity contribution in [3.05, 3.63) is 88.5 Å². The van der Waals surface area contributed by atoms with Gasteiger partial charge in [0.15, 0.2) is 0 Å². The average molecular weight is 431 g/mol. The summed E-state index contributed by atoms with van der Waals surface area (Å²) < 4.78 is 28.9. The van der Waals surface area contributed by atoms with E-state index in [1.807, 2.05) is 0 Å². The summed E-state index contributed by atoms with van der Waals surface area (Å²) in [5.74, 6) is 6.45. The number of hydrogen-bond donors (Lipinski definition) is 0. The normalized spacial score (nSPS) is 12.0. The van der Waals surface area contributed by atoms with Crippen molar-refractivity contribution in [2.24, 2.45) is 0 Å². The number of alkyl halides is 2. The Morgan fingerprint density at radius 2 is 1.44 bits per heavy atom. The van der Waals surface area contributed by atoms with Crippen LogP contribution in [0.25, 0.3) is 11.1 Å². The molecule has 32 heavy (non-hydrogen) atoms. The Labute approximate surface area is 189 Å². The lowest BCUT2D eigenvalue weighted by molar-refractivity contribution is -0.0498. The maximum atomic E-state index is 12.3. The van der Waals surface area contributed by atoms with Gasteiger partial charge in [-0.15, -0.1) is 0 Å². The number of rotatable bonds is 7. The fourth-order valence-corrected chi connectivity index (χ4v) is 4.30. The molecule has 0 unspecified atom stereocenters. The first kappa shape index (κ1) is 22.1. The molecule has 0 N–H and O–H groups in total. The number of hydrogen-bond acceptors (Lipinski definition) is 1. The molecule has 0 saturated carbocycles. The Hall–Kier alpha value is -3.12. The van der Waals surface area contributed by atoms with E-state index in [0.29, 0.717) is 0 Å². The van der Waals surface area contributed by atoms with Gasteiger partial charge in [-0.3, -0.25) is 0 Å². The number of unbranched alkanes of at least 4 members (excludes halogenated alkanes) is 3. The lowest BCUT2D eigenvalue weighted by Crippen LogP contribution is -2.05. The van der Waals surface area contributed by atoms with Gasteiger partial charge < -0.3 is 4.74 Å². The highest BCUT2D eigenvalue weighted by molar-refractivity contribution is 5.74. The Balaban J connectivity index is 1.47. The summed E-state index contributed by atoms with van der Waals surface area (Å²) in [7, 11) is 0. The van der Waals surface area contributed by atoms with Crippen LogP contribution in [0.3, 0.4) is 0 Å². The second-order valence-electron chi connectivity index (χ2n) is 8.33. The second-order valence-corrected chi connectivity index (χ2v) is 8.33. The highest BCUT2D eigenvalue weighted by Crippen LogP contribution is 2.34. The quantitative estimate of drug-likeness (QED) is 0.277. The number of benzene rings is 3. The maximum absolute atomic E-state index is 12.3. The van der Waals surface area contributed by atoms with Gasteiger partial charge in [-0.2, -0.15) is 8.78 Å². The number of halogens is 2. The summed E-state index contributed by atoms with van der Waals surface area (Å²) in [4.78, 5) is 0. The highest BCUT2D eigenvalue weighted by atomic mass is 19.3. The predicted octanol–water partition coefficient (Wildman–Crippen LogP) is 7.58. The SMILES string of the molecule is CCCCCCc1ccc2c(c1)CCc1cc(C#Cc3ccc(OC(F)F)cc3)ccc1-2. The molecule has 0 radical (unpaired) electrons. The van der Waals surface area contributed by atoms with E-state index in [9.17, 15) is 8.78 Å². The van der Waals surface area contributed by atoms with Crippen LogP contribution in [0.1, 0.15) is 60.4 Å². The van der Waals surface area contributed by atoms with Gasteiger partial charge in [0.1, 0.15) is 5.75 Å². The summed E-state index contributed by atoms with van der Waals surface area (Å²) in [5.41, 5.74) is 8.63. The van der Waals surface area contributed by atoms with Gasteiger partial charge in [0, 0.05) is 11.1 Å². The monoisotopic (exact) mass is 430 g/mol. The minimum Gasteiger partial charge on any atom is -0.435 e. The molecule has 0 aliphatic heterocycles. The molecule has 0 bridgehead atoms. The minimum atomic E-state index is -2.81. The maximum Gasteiger partial charge on any atom is 0.387 e. The zero-order valence-electron chi connectivity index (χ0n) is 18.5. The predicted molar refractivity (Wildman–Crippen MR) is 126 cm³/mol. The second kappa shape index (κ2) is 10.5. The molecule has 0 amide bonds. The number of aryl methyl sites for hydroxylation is 3. The Bertz CT molecular complexity index is 1120. The van der Waals surface area contributed by atoms with Gasteiger partial charge in [-0.1, -0.05) is 62.3 Å². The average Bonchev–Trinajstić information content (AvgIpc) is 2.80. The minimum absolute atomic E-state index is 0.141. The molecule has 3 aromatic rings. The lowest BCUT2D eigenvalue weighted by Gasteiger charge is -2.21. The van der Waals surface area contributed by atoms with Crippen molar-refractivity contribution in [3.63, 3.8) is 0 Å². The van der Waals surface area contributed by atoms with Crippen molar-refractivity contribution in [2.45, 2.75) is 58.5 Å². The van der Waals surface area contributed by atoms with Crippen LogP contribution in [0.15, 0.2) is 60.7 Å². The summed E-state index contributed by atoms with van der Waals surface area (Å²) in [6.45, 7) is -0.566. The number of ether oxygens (including phenoxy) is 1. The molecule has 164 valence electrons. The van der Waals surface area contributed by atoms with E-state index in [0.717, 1.165) is 24.0 Å². The van der Waals surface area contributed by atoms with Crippen LogP contribution < -0.4 is 4.74 Å². The van der Waals surface area contributed by atoms with Gasteiger partial charge in [0.25, 0.3) is 0 Å². The first-order chi connectivity index (χ1) is 15.6. The van der Waals surface area contributed by atoms with Crippen LogP contribution in [-0.2, 0) is 19.3 Å². The van der Waals surface area contributed by atoms with E-state index < -0.39 is 6.61 Å².